The number of esters is 1. The van der Waals surface area contributed by atoms with E-state index in [2.05, 4.69) is 15.5 Å². The summed E-state index contributed by atoms with van der Waals surface area (Å²) in [6.07, 6.45) is -0.620. The third-order valence-corrected chi connectivity index (χ3v) is 5.80. The van der Waals surface area contributed by atoms with Crippen LogP contribution >= 0.6 is 11.8 Å². The maximum atomic E-state index is 12.9. The summed E-state index contributed by atoms with van der Waals surface area (Å²) in [5.74, 6) is 0.848. The fraction of sp³-hybridized carbons (Fsp3) is 0.208. The molecule has 4 rings (SSSR count). The van der Waals surface area contributed by atoms with Crippen molar-refractivity contribution in [1.82, 2.24) is 10.1 Å². The van der Waals surface area contributed by atoms with E-state index in [0.29, 0.717) is 44.6 Å². The van der Waals surface area contributed by atoms with Gasteiger partial charge in [-0.05, 0) is 38.1 Å². The normalized spacial score (nSPS) is 10.8. The van der Waals surface area contributed by atoms with E-state index in [1.54, 1.807) is 44.2 Å². The summed E-state index contributed by atoms with van der Waals surface area (Å²) in [7, 11) is 0. The molecule has 2 heterocycles. The van der Waals surface area contributed by atoms with Crippen molar-refractivity contribution in [1.29, 1.82) is 0 Å². The molecule has 10 nitrogen and oxygen atoms in total. The molecule has 2 aromatic carbocycles. The number of nitrogens with one attached hydrogen (secondary N) is 1. The van der Waals surface area contributed by atoms with Gasteiger partial charge in [-0.1, -0.05) is 17.3 Å². The Bertz CT molecular complexity index is 1430. The summed E-state index contributed by atoms with van der Waals surface area (Å²) in [6, 6.07) is 13.1. The number of anilines is 1. The largest absolute Gasteiger partial charge is 0.457 e. The number of carbonyl (C=O) groups excluding carboxylic acids is 2. The summed E-state index contributed by atoms with van der Waals surface area (Å²) >= 11 is 1.37. The molecule has 0 radical (unpaired) electrons. The summed E-state index contributed by atoms with van der Waals surface area (Å²) in [6.45, 7) is 3.50. The Morgan fingerprint density at radius 2 is 1.94 bits per heavy atom. The third kappa shape index (κ3) is 6.07. The molecule has 0 bridgehead atoms. The van der Waals surface area contributed by atoms with Crippen molar-refractivity contribution in [3.63, 3.8) is 0 Å². The van der Waals surface area contributed by atoms with Crippen LogP contribution in [0.5, 0.6) is 0 Å². The number of thioether (sulfide) groups is 1. The van der Waals surface area contributed by atoms with Crippen LogP contribution in [0.15, 0.2) is 67.2 Å². The highest BCUT2D eigenvalue weighted by atomic mass is 32.2. The average Bonchev–Trinajstić information content (AvgIpc) is 3.26. The van der Waals surface area contributed by atoms with Gasteiger partial charge < -0.3 is 18.4 Å². The lowest BCUT2D eigenvalue weighted by molar-refractivity contribution is 0.0469. The van der Waals surface area contributed by atoms with E-state index >= 15 is 0 Å². The molecule has 0 saturated carbocycles. The number of amides is 1. The molecule has 0 fully saturated rings. The van der Waals surface area contributed by atoms with Crippen LogP contribution in [0.3, 0.4) is 0 Å². The number of rotatable bonds is 8. The molecule has 0 aliphatic heterocycles. The van der Waals surface area contributed by atoms with Crippen molar-refractivity contribution >= 4 is 40.5 Å². The van der Waals surface area contributed by atoms with E-state index in [9.17, 15) is 14.4 Å². The molecule has 1 N–H and O–H groups in total. The number of aryl methyl sites for hydroxylation is 1. The van der Waals surface area contributed by atoms with Crippen LogP contribution in [-0.4, -0.2) is 28.8 Å². The number of fused-ring (bicyclic) bond motifs is 1. The number of ether oxygens (including phenoxy) is 2. The molecular weight excluding hydrogens is 474 g/mol. The highest BCUT2D eigenvalue weighted by Gasteiger charge is 2.16. The highest BCUT2D eigenvalue weighted by molar-refractivity contribution is 7.98. The van der Waals surface area contributed by atoms with Gasteiger partial charge in [0.15, 0.2) is 5.82 Å². The van der Waals surface area contributed by atoms with Gasteiger partial charge in [0.1, 0.15) is 12.2 Å². The van der Waals surface area contributed by atoms with Gasteiger partial charge in [0, 0.05) is 33.7 Å². The maximum absolute atomic E-state index is 12.9. The molecule has 0 aliphatic carbocycles. The van der Waals surface area contributed by atoms with Crippen molar-refractivity contribution in [3.8, 4) is 0 Å². The zero-order valence-corrected chi connectivity index (χ0v) is 19.7. The van der Waals surface area contributed by atoms with Crippen molar-refractivity contribution in [3.05, 3.63) is 81.8 Å². The van der Waals surface area contributed by atoms with Crippen LogP contribution in [0.25, 0.3) is 11.0 Å². The zero-order chi connectivity index (χ0) is 24.8. The Balaban J connectivity index is 1.49. The molecule has 180 valence electrons. The van der Waals surface area contributed by atoms with Gasteiger partial charge >= 0.3 is 17.7 Å². The first-order valence-electron chi connectivity index (χ1n) is 10.6. The van der Waals surface area contributed by atoms with Gasteiger partial charge in [-0.25, -0.2) is 14.4 Å². The lowest BCUT2D eigenvalue weighted by atomic mass is 10.1. The molecule has 0 unspecified atom stereocenters. The quantitative estimate of drug-likeness (QED) is 0.208. The lowest BCUT2D eigenvalue weighted by Gasteiger charge is -2.11. The Morgan fingerprint density at radius 1 is 1.11 bits per heavy atom. The predicted molar refractivity (Wildman–Crippen MR) is 127 cm³/mol. The smallest absolute Gasteiger partial charge is 0.411 e. The molecule has 2 aromatic heterocycles. The van der Waals surface area contributed by atoms with Crippen LogP contribution in [0, 0.1) is 6.92 Å². The highest BCUT2D eigenvalue weighted by Crippen LogP contribution is 2.27. The third-order valence-electron chi connectivity index (χ3n) is 4.74. The summed E-state index contributed by atoms with van der Waals surface area (Å²) in [5, 5.41) is 6.88. The second kappa shape index (κ2) is 10.9. The Morgan fingerprint density at radius 3 is 2.71 bits per heavy atom. The van der Waals surface area contributed by atoms with E-state index in [1.807, 2.05) is 6.07 Å². The van der Waals surface area contributed by atoms with Crippen molar-refractivity contribution < 1.29 is 28.0 Å². The van der Waals surface area contributed by atoms with E-state index in [1.165, 1.54) is 23.9 Å². The Kier molecular flexibility index (Phi) is 7.46. The van der Waals surface area contributed by atoms with Gasteiger partial charge in [0.25, 0.3) is 0 Å². The summed E-state index contributed by atoms with van der Waals surface area (Å²) in [5.41, 5.74) is 0.877. The molecule has 0 aliphatic rings. The Hall–Kier alpha value is -4.12. The fourth-order valence-corrected chi connectivity index (χ4v) is 4.11. The van der Waals surface area contributed by atoms with E-state index < -0.39 is 17.7 Å². The second-order valence-corrected chi connectivity index (χ2v) is 8.26. The molecule has 0 atom stereocenters. The van der Waals surface area contributed by atoms with Crippen molar-refractivity contribution in [2.45, 2.75) is 31.1 Å². The minimum absolute atomic E-state index is 0.145. The topological polar surface area (TPSA) is 134 Å². The number of hydrogen-bond acceptors (Lipinski definition) is 10. The van der Waals surface area contributed by atoms with Gasteiger partial charge in [-0.3, -0.25) is 5.32 Å². The van der Waals surface area contributed by atoms with Crippen molar-refractivity contribution in [2.24, 2.45) is 0 Å². The van der Waals surface area contributed by atoms with Gasteiger partial charge in [0.2, 0.25) is 5.89 Å². The van der Waals surface area contributed by atoms with Gasteiger partial charge in [-0.2, -0.15) is 4.98 Å². The minimum Gasteiger partial charge on any atom is -0.457 e. The first kappa shape index (κ1) is 24.0. The monoisotopic (exact) mass is 495 g/mol. The van der Waals surface area contributed by atoms with Gasteiger partial charge in [-0.15, -0.1) is 11.8 Å². The van der Waals surface area contributed by atoms with E-state index in [4.69, 9.17) is 18.4 Å². The SMILES string of the molecule is CCOC(=O)Nc1ccc2c(COC(=O)c3ccccc3SCc3nc(C)no3)cc(=O)oc2c1. The van der Waals surface area contributed by atoms with Crippen LogP contribution in [-0.2, 0) is 21.8 Å². The van der Waals surface area contributed by atoms with Crippen LogP contribution in [0.2, 0.25) is 0 Å². The number of nitrogens with zero attached hydrogens (tertiary/aromatic N) is 2. The number of carbonyl (C=O) groups is 2. The van der Waals surface area contributed by atoms with Crippen LogP contribution in [0.4, 0.5) is 10.5 Å². The number of hydrogen-bond donors (Lipinski definition) is 1. The minimum atomic E-state index is -0.620. The Labute approximate surface area is 203 Å². The van der Waals surface area contributed by atoms with E-state index in [-0.39, 0.29) is 18.8 Å². The molecule has 4 aromatic rings. The molecular formula is C24H21N3O7S. The first-order chi connectivity index (χ1) is 16.9. The number of benzene rings is 2. The summed E-state index contributed by atoms with van der Waals surface area (Å²) in [4.78, 5) is 41.5. The maximum Gasteiger partial charge on any atom is 0.411 e. The zero-order valence-electron chi connectivity index (χ0n) is 18.9. The van der Waals surface area contributed by atoms with Gasteiger partial charge in [0.05, 0.1) is 17.9 Å². The summed E-state index contributed by atoms with van der Waals surface area (Å²) < 4.78 is 20.8. The molecule has 11 heteroatoms. The lowest BCUT2D eigenvalue weighted by Crippen LogP contribution is -2.13. The first-order valence-corrected chi connectivity index (χ1v) is 11.6. The predicted octanol–water partition coefficient (Wildman–Crippen LogP) is 4.70. The van der Waals surface area contributed by atoms with Crippen molar-refractivity contribution in [2.75, 3.05) is 11.9 Å². The average molecular weight is 496 g/mol. The molecule has 0 saturated heterocycles. The second-order valence-electron chi connectivity index (χ2n) is 7.24. The van der Waals surface area contributed by atoms with Crippen LogP contribution in [0.1, 0.15) is 34.6 Å². The fourth-order valence-electron chi connectivity index (χ4n) is 3.23. The number of aromatic nitrogens is 2. The van der Waals surface area contributed by atoms with Crippen LogP contribution < -0.4 is 10.9 Å². The van der Waals surface area contributed by atoms with E-state index in [0.717, 1.165) is 0 Å². The molecule has 0 spiro atoms. The molecule has 1 amide bonds. The standard InChI is InChI=1S/C24H21N3O7S/c1-3-31-24(30)26-16-8-9-17-15(10-22(28)33-19(17)11-16)12-32-23(29)18-6-4-5-7-20(18)35-13-21-25-14(2)27-34-21/h4-11H,3,12-13H2,1-2H3,(H,26,30). The molecule has 35 heavy (non-hydrogen) atoms.